The number of hydrogen-bond acceptors (Lipinski definition) is 2. The van der Waals surface area contributed by atoms with Crippen molar-refractivity contribution in [2.24, 2.45) is 5.73 Å². The molecule has 0 saturated heterocycles. The molecule has 0 aromatic rings. The van der Waals surface area contributed by atoms with E-state index in [2.05, 4.69) is 6.58 Å². The van der Waals surface area contributed by atoms with Crippen molar-refractivity contribution in [2.45, 2.75) is 20.8 Å². The molecular formula is C14H20N2. The highest BCUT2D eigenvalue weighted by Gasteiger charge is 1.95. The highest BCUT2D eigenvalue weighted by molar-refractivity contribution is 5.83. The third-order valence-corrected chi connectivity index (χ3v) is 1.76. The predicted molar refractivity (Wildman–Crippen MR) is 72.5 cm³/mol. The van der Waals surface area contributed by atoms with Crippen molar-refractivity contribution in [1.82, 2.24) is 0 Å². The summed E-state index contributed by atoms with van der Waals surface area (Å²) in [5.41, 5.74) is 9.24. The normalized spacial score (nSPS) is 12.7. The van der Waals surface area contributed by atoms with Crippen molar-refractivity contribution in [3.8, 4) is 0 Å². The van der Waals surface area contributed by atoms with Gasteiger partial charge in [0.15, 0.2) is 0 Å². The molecule has 0 fully saturated rings. The van der Waals surface area contributed by atoms with E-state index in [1.54, 1.807) is 6.08 Å². The van der Waals surface area contributed by atoms with E-state index in [-0.39, 0.29) is 0 Å². The number of nitrogens with one attached hydrogen (secondary N) is 1. The van der Waals surface area contributed by atoms with Crippen LogP contribution in [0.2, 0.25) is 0 Å². The highest BCUT2D eigenvalue weighted by atomic mass is 14.5. The van der Waals surface area contributed by atoms with Crippen molar-refractivity contribution < 1.29 is 0 Å². The van der Waals surface area contributed by atoms with Crippen LogP contribution in [0.25, 0.3) is 0 Å². The first-order chi connectivity index (χ1) is 7.51. The Labute approximate surface area is 98.1 Å². The third-order valence-electron chi connectivity index (χ3n) is 1.76. The molecule has 0 bridgehead atoms. The molecule has 86 valence electrons. The lowest BCUT2D eigenvalue weighted by atomic mass is 10.1. The van der Waals surface area contributed by atoms with Gasteiger partial charge in [-0.3, -0.25) is 0 Å². The zero-order valence-electron chi connectivity index (χ0n) is 10.2. The smallest absolute Gasteiger partial charge is 0.0256 e. The molecule has 3 N–H and O–H groups in total. The van der Waals surface area contributed by atoms with E-state index < -0.39 is 0 Å². The zero-order valence-corrected chi connectivity index (χ0v) is 10.2. The van der Waals surface area contributed by atoms with Gasteiger partial charge >= 0.3 is 0 Å². The summed E-state index contributed by atoms with van der Waals surface area (Å²) in [6.07, 6.45) is 10.3. The summed E-state index contributed by atoms with van der Waals surface area (Å²) >= 11 is 0. The highest BCUT2D eigenvalue weighted by Crippen LogP contribution is 2.11. The second-order valence-corrected chi connectivity index (χ2v) is 3.82. The van der Waals surface area contributed by atoms with Crippen molar-refractivity contribution in [1.29, 1.82) is 5.41 Å². The quantitative estimate of drug-likeness (QED) is 0.536. The number of rotatable bonds is 5. The average Bonchev–Trinajstić information content (AvgIpc) is 2.17. The first-order valence-electron chi connectivity index (χ1n) is 5.12. The molecule has 2 nitrogen and oxygen atoms in total. The third kappa shape index (κ3) is 5.81. The van der Waals surface area contributed by atoms with Gasteiger partial charge in [0.05, 0.1) is 0 Å². The summed E-state index contributed by atoms with van der Waals surface area (Å²) in [5, 5.41) is 7.39. The molecular weight excluding hydrogens is 196 g/mol. The SMILES string of the molecule is C=C(C)/C=C\C(C=N)=C(C=CN)C=C(C)C. The van der Waals surface area contributed by atoms with Crippen LogP contribution in [-0.2, 0) is 0 Å². The van der Waals surface area contributed by atoms with Gasteiger partial charge in [0.25, 0.3) is 0 Å². The van der Waals surface area contributed by atoms with Gasteiger partial charge in [-0.1, -0.05) is 36.0 Å². The standard InChI is InChI=1S/C14H20N2/c1-11(2)5-6-14(10-16)13(7-8-15)9-12(3)4/h5-10,16H,1,15H2,2-4H3/b6-5-,8-7?,14-13?,16-10?. The van der Waals surface area contributed by atoms with Gasteiger partial charge in [-0.05, 0) is 44.2 Å². The largest absolute Gasteiger partial charge is 0.405 e. The molecule has 0 aliphatic carbocycles. The van der Waals surface area contributed by atoms with E-state index in [0.717, 1.165) is 22.3 Å². The topological polar surface area (TPSA) is 49.9 Å². The number of allylic oxidation sites excluding steroid dienone is 8. The van der Waals surface area contributed by atoms with E-state index in [0.29, 0.717) is 0 Å². The van der Waals surface area contributed by atoms with Gasteiger partial charge in [0.1, 0.15) is 0 Å². The summed E-state index contributed by atoms with van der Waals surface area (Å²) in [4.78, 5) is 0. The molecule has 0 radical (unpaired) electrons. The molecule has 0 spiro atoms. The Hall–Kier alpha value is -1.83. The summed E-state index contributed by atoms with van der Waals surface area (Å²) < 4.78 is 0. The van der Waals surface area contributed by atoms with Gasteiger partial charge in [0, 0.05) is 6.21 Å². The lowest BCUT2D eigenvalue weighted by Gasteiger charge is -2.01. The summed E-state index contributed by atoms with van der Waals surface area (Å²) in [7, 11) is 0. The Kier molecular flexibility index (Phi) is 6.61. The van der Waals surface area contributed by atoms with Crippen LogP contribution < -0.4 is 5.73 Å². The van der Waals surface area contributed by atoms with Crippen LogP contribution in [0.15, 0.2) is 59.4 Å². The van der Waals surface area contributed by atoms with Crippen molar-refractivity contribution >= 4 is 6.21 Å². The molecule has 0 amide bonds. The molecule has 2 heteroatoms. The van der Waals surface area contributed by atoms with E-state index in [9.17, 15) is 0 Å². The van der Waals surface area contributed by atoms with Crippen molar-refractivity contribution in [2.75, 3.05) is 0 Å². The second kappa shape index (κ2) is 7.46. The maximum absolute atomic E-state index is 7.39. The average molecular weight is 216 g/mol. The maximum Gasteiger partial charge on any atom is 0.0256 e. The Morgan fingerprint density at radius 3 is 2.06 bits per heavy atom. The van der Waals surface area contributed by atoms with E-state index >= 15 is 0 Å². The fourth-order valence-corrected chi connectivity index (χ4v) is 1.10. The lowest BCUT2D eigenvalue weighted by molar-refractivity contribution is 1.36. The van der Waals surface area contributed by atoms with Crippen molar-refractivity contribution in [3.05, 3.63) is 59.4 Å². The minimum absolute atomic E-state index is 0.811. The van der Waals surface area contributed by atoms with Crippen LogP contribution in [-0.4, -0.2) is 6.21 Å². The molecule has 0 heterocycles. The van der Waals surface area contributed by atoms with Gasteiger partial charge in [-0.25, -0.2) is 0 Å². The van der Waals surface area contributed by atoms with Gasteiger partial charge < -0.3 is 11.1 Å². The minimum Gasteiger partial charge on any atom is -0.405 e. The first kappa shape index (κ1) is 14.2. The van der Waals surface area contributed by atoms with Gasteiger partial charge in [-0.2, -0.15) is 0 Å². The van der Waals surface area contributed by atoms with E-state index in [4.69, 9.17) is 11.1 Å². The molecule has 0 rings (SSSR count). The molecule has 0 aliphatic rings. The minimum atomic E-state index is 0.811. The second-order valence-electron chi connectivity index (χ2n) is 3.82. The summed E-state index contributed by atoms with van der Waals surface area (Å²) in [6.45, 7) is 9.72. The number of nitrogens with two attached hydrogens (primary N) is 1. The molecule has 0 saturated carbocycles. The maximum atomic E-state index is 7.39. The lowest BCUT2D eigenvalue weighted by Crippen LogP contribution is -1.88. The Bertz CT molecular complexity index is 376. The first-order valence-corrected chi connectivity index (χ1v) is 5.12. The van der Waals surface area contributed by atoms with Crippen LogP contribution in [0.4, 0.5) is 0 Å². The molecule has 0 aliphatic heterocycles. The molecule has 0 unspecified atom stereocenters. The monoisotopic (exact) mass is 216 g/mol. The summed E-state index contributed by atoms with van der Waals surface area (Å²) in [5.74, 6) is 0. The van der Waals surface area contributed by atoms with Crippen LogP contribution in [0.3, 0.4) is 0 Å². The predicted octanol–water partition coefficient (Wildman–Crippen LogP) is 3.50. The van der Waals surface area contributed by atoms with E-state index in [1.165, 1.54) is 12.4 Å². The molecule has 16 heavy (non-hydrogen) atoms. The van der Waals surface area contributed by atoms with Gasteiger partial charge in [-0.15, -0.1) is 0 Å². The van der Waals surface area contributed by atoms with Crippen LogP contribution in [0.5, 0.6) is 0 Å². The zero-order chi connectivity index (χ0) is 12.6. The van der Waals surface area contributed by atoms with Crippen LogP contribution >= 0.6 is 0 Å². The molecule has 0 aromatic heterocycles. The van der Waals surface area contributed by atoms with Crippen LogP contribution in [0.1, 0.15) is 20.8 Å². The Balaban J connectivity index is 5.41. The van der Waals surface area contributed by atoms with Crippen molar-refractivity contribution in [3.63, 3.8) is 0 Å². The fraction of sp³-hybridized carbons (Fsp3) is 0.214. The number of hydrogen-bond donors (Lipinski definition) is 2. The Morgan fingerprint density at radius 2 is 1.69 bits per heavy atom. The Morgan fingerprint density at radius 1 is 1.06 bits per heavy atom. The molecule has 0 aromatic carbocycles. The summed E-state index contributed by atoms with van der Waals surface area (Å²) in [6, 6.07) is 0. The van der Waals surface area contributed by atoms with Gasteiger partial charge in [0.2, 0.25) is 0 Å². The van der Waals surface area contributed by atoms with Crippen LogP contribution in [0, 0.1) is 5.41 Å². The fourth-order valence-electron chi connectivity index (χ4n) is 1.10. The van der Waals surface area contributed by atoms with E-state index in [1.807, 2.05) is 39.0 Å². The molecule has 0 atom stereocenters.